The minimum absolute atomic E-state index is 0.0789. The highest BCUT2D eigenvalue weighted by molar-refractivity contribution is 6.34. The maximum absolute atomic E-state index is 6.11. The van der Waals surface area contributed by atoms with Gasteiger partial charge < -0.3 is 5.32 Å². The lowest BCUT2D eigenvalue weighted by atomic mass is 9.86. The van der Waals surface area contributed by atoms with Crippen molar-refractivity contribution in [2.24, 2.45) is 0 Å². The number of hydrogen-bond acceptors (Lipinski definition) is 1. The van der Waals surface area contributed by atoms with Crippen LogP contribution in [0.5, 0.6) is 0 Å². The molecule has 2 aromatic carbocycles. The van der Waals surface area contributed by atoms with E-state index in [2.05, 4.69) is 50.4 Å². The van der Waals surface area contributed by atoms with Crippen LogP contribution in [-0.4, -0.2) is 7.05 Å². The molecule has 0 saturated heterocycles. The van der Waals surface area contributed by atoms with E-state index >= 15 is 0 Å². The third kappa shape index (κ3) is 4.00. The van der Waals surface area contributed by atoms with Gasteiger partial charge in [-0.05, 0) is 47.4 Å². The van der Waals surface area contributed by atoms with E-state index in [1.54, 1.807) is 6.07 Å². The van der Waals surface area contributed by atoms with E-state index in [0.717, 1.165) is 5.56 Å². The number of benzene rings is 2. The van der Waals surface area contributed by atoms with E-state index in [9.17, 15) is 0 Å². The van der Waals surface area contributed by atoms with Gasteiger partial charge in [-0.1, -0.05) is 68.2 Å². The Morgan fingerprint density at radius 3 is 1.81 bits per heavy atom. The summed E-state index contributed by atoms with van der Waals surface area (Å²) in [5.41, 5.74) is 3.75. The fraction of sp³-hybridized carbons (Fsp3) is 0.333. The molecule has 0 aliphatic carbocycles. The minimum Gasteiger partial charge on any atom is -0.309 e. The standard InChI is InChI=1S/C18H21Cl2N/c1-18(2,3)14-7-5-12(6-8-14)17(21-4)13-9-15(19)11-16(20)10-13/h5-11,17,21H,1-4H3. The number of nitrogens with one attached hydrogen (secondary N) is 1. The summed E-state index contributed by atoms with van der Waals surface area (Å²) in [5.74, 6) is 0. The number of halogens is 2. The van der Waals surface area contributed by atoms with E-state index in [4.69, 9.17) is 23.2 Å². The zero-order valence-electron chi connectivity index (χ0n) is 12.9. The summed E-state index contributed by atoms with van der Waals surface area (Å²) < 4.78 is 0. The van der Waals surface area contributed by atoms with E-state index in [1.165, 1.54) is 11.1 Å². The third-order valence-electron chi connectivity index (χ3n) is 3.62. The zero-order chi connectivity index (χ0) is 15.6. The van der Waals surface area contributed by atoms with Gasteiger partial charge in [-0.25, -0.2) is 0 Å². The van der Waals surface area contributed by atoms with Crippen molar-refractivity contribution in [3.63, 3.8) is 0 Å². The first kappa shape index (κ1) is 16.4. The monoisotopic (exact) mass is 321 g/mol. The molecule has 0 amide bonds. The molecule has 3 heteroatoms. The Labute approximate surface area is 137 Å². The van der Waals surface area contributed by atoms with Crippen LogP contribution in [0.1, 0.15) is 43.5 Å². The first-order valence-corrected chi connectivity index (χ1v) is 7.80. The van der Waals surface area contributed by atoms with Gasteiger partial charge in [-0.2, -0.15) is 0 Å². The molecular formula is C18H21Cl2N. The summed E-state index contributed by atoms with van der Waals surface area (Å²) in [6.45, 7) is 6.65. The van der Waals surface area contributed by atoms with E-state index in [1.807, 2.05) is 19.2 Å². The van der Waals surface area contributed by atoms with Crippen LogP contribution in [0.3, 0.4) is 0 Å². The Hall–Kier alpha value is -1.02. The molecule has 2 rings (SSSR count). The van der Waals surface area contributed by atoms with Gasteiger partial charge in [0.25, 0.3) is 0 Å². The smallest absolute Gasteiger partial charge is 0.0575 e. The summed E-state index contributed by atoms with van der Waals surface area (Å²) in [7, 11) is 1.94. The second-order valence-corrected chi connectivity index (χ2v) is 7.17. The Morgan fingerprint density at radius 1 is 0.857 bits per heavy atom. The van der Waals surface area contributed by atoms with Crippen LogP contribution in [0.2, 0.25) is 10.0 Å². The summed E-state index contributed by atoms with van der Waals surface area (Å²) in [4.78, 5) is 0. The van der Waals surface area contributed by atoms with Gasteiger partial charge in [-0.15, -0.1) is 0 Å². The molecule has 0 radical (unpaired) electrons. The van der Waals surface area contributed by atoms with Crippen molar-refractivity contribution in [2.45, 2.75) is 32.2 Å². The molecule has 0 spiro atoms. The lowest BCUT2D eigenvalue weighted by molar-refractivity contribution is 0.589. The fourth-order valence-electron chi connectivity index (χ4n) is 2.44. The van der Waals surface area contributed by atoms with Crippen molar-refractivity contribution in [1.29, 1.82) is 0 Å². The average Bonchev–Trinajstić information content (AvgIpc) is 2.38. The van der Waals surface area contributed by atoms with Crippen molar-refractivity contribution < 1.29 is 0 Å². The van der Waals surface area contributed by atoms with Gasteiger partial charge in [0.15, 0.2) is 0 Å². The highest BCUT2D eigenvalue weighted by Crippen LogP contribution is 2.29. The van der Waals surface area contributed by atoms with Gasteiger partial charge in [0.1, 0.15) is 0 Å². The molecule has 1 N–H and O–H groups in total. The van der Waals surface area contributed by atoms with Crippen LogP contribution in [0, 0.1) is 0 Å². The van der Waals surface area contributed by atoms with Gasteiger partial charge in [-0.3, -0.25) is 0 Å². The van der Waals surface area contributed by atoms with Crippen LogP contribution in [0.15, 0.2) is 42.5 Å². The Balaban J connectivity index is 2.37. The summed E-state index contributed by atoms with van der Waals surface area (Å²) >= 11 is 12.2. The Bertz CT molecular complexity index is 592. The number of hydrogen-bond donors (Lipinski definition) is 1. The predicted molar refractivity (Wildman–Crippen MR) is 92.5 cm³/mol. The summed E-state index contributed by atoms with van der Waals surface area (Å²) in [5, 5.41) is 4.64. The van der Waals surface area contributed by atoms with Crippen LogP contribution in [0.25, 0.3) is 0 Å². The van der Waals surface area contributed by atoms with Crippen molar-refractivity contribution in [1.82, 2.24) is 5.32 Å². The molecule has 0 aliphatic rings. The molecule has 112 valence electrons. The molecule has 0 heterocycles. The van der Waals surface area contributed by atoms with E-state index in [0.29, 0.717) is 10.0 Å². The van der Waals surface area contributed by atoms with Crippen molar-refractivity contribution in [3.05, 3.63) is 69.2 Å². The lowest BCUT2D eigenvalue weighted by Gasteiger charge is -2.22. The molecule has 1 atom stereocenters. The third-order valence-corrected chi connectivity index (χ3v) is 4.05. The molecule has 21 heavy (non-hydrogen) atoms. The highest BCUT2D eigenvalue weighted by Gasteiger charge is 2.16. The quantitative estimate of drug-likeness (QED) is 0.775. The molecule has 2 aromatic rings. The SMILES string of the molecule is CNC(c1ccc(C(C)(C)C)cc1)c1cc(Cl)cc(Cl)c1. The van der Waals surface area contributed by atoms with Gasteiger partial charge in [0, 0.05) is 10.0 Å². The molecular weight excluding hydrogens is 301 g/mol. The molecule has 0 saturated carbocycles. The summed E-state index contributed by atoms with van der Waals surface area (Å²) in [6, 6.07) is 14.4. The molecule has 0 bridgehead atoms. The van der Waals surface area contributed by atoms with Gasteiger partial charge in [0.2, 0.25) is 0 Å². The Kier molecular flexibility index (Phi) is 4.98. The predicted octanol–water partition coefficient (Wildman–Crippen LogP) is 5.60. The van der Waals surface area contributed by atoms with Crippen LogP contribution < -0.4 is 5.32 Å². The van der Waals surface area contributed by atoms with Gasteiger partial charge in [0.05, 0.1) is 6.04 Å². The van der Waals surface area contributed by atoms with Crippen molar-refractivity contribution in [2.75, 3.05) is 7.05 Å². The maximum Gasteiger partial charge on any atom is 0.0575 e. The molecule has 0 aromatic heterocycles. The van der Waals surface area contributed by atoms with Crippen molar-refractivity contribution in [3.8, 4) is 0 Å². The molecule has 1 unspecified atom stereocenters. The number of rotatable bonds is 3. The lowest BCUT2D eigenvalue weighted by Crippen LogP contribution is -2.18. The van der Waals surface area contributed by atoms with Crippen LogP contribution in [-0.2, 0) is 5.41 Å². The molecule has 0 fully saturated rings. The molecule has 0 aliphatic heterocycles. The molecule has 1 nitrogen and oxygen atoms in total. The largest absolute Gasteiger partial charge is 0.309 e. The van der Waals surface area contributed by atoms with Crippen LogP contribution in [0.4, 0.5) is 0 Å². The van der Waals surface area contributed by atoms with Crippen molar-refractivity contribution >= 4 is 23.2 Å². The van der Waals surface area contributed by atoms with E-state index < -0.39 is 0 Å². The highest BCUT2D eigenvalue weighted by atomic mass is 35.5. The topological polar surface area (TPSA) is 12.0 Å². The zero-order valence-corrected chi connectivity index (χ0v) is 14.4. The minimum atomic E-state index is 0.0789. The first-order valence-electron chi connectivity index (χ1n) is 7.05. The van der Waals surface area contributed by atoms with Crippen LogP contribution >= 0.6 is 23.2 Å². The average molecular weight is 322 g/mol. The Morgan fingerprint density at radius 2 is 1.38 bits per heavy atom. The first-order chi connectivity index (χ1) is 9.81. The second kappa shape index (κ2) is 6.39. The van der Waals surface area contributed by atoms with E-state index in [-0.39, 0.29) is 11.5 Å². The maximum atomic E-state index is 6.11. The van der Waals surface area contributed by atoms with Gasteiger partial charge >= 0.3 is 0 Å². The normalized spacial score (nSPS) is 13.2. The second-order valence-electron chi connectivity index (χ2n) is 6.30. The summed E-state index contributed by atoms with van der Waals surface area (Å²) in [6.07, 6.45) is 0. The fourth-order valence-corrected chi connectivity index (χ4v) is 2.99.